The van der Waals surface area contributed by atoms with Crippen LogP contribution in [0.15, 0.2) is 16.9 Å². The van der Waals surface area contributed by atoms with Gasteiger partial charge in [-0.15, -0.1) is 0 Å². The third kappa shape index (κ3) is 4.91. The van der Waals surface area contributed by atoms with Gasteiger partial charge in [0.25, 0.3) is 11.5 Å². The maximum atomic E-state index is 12.7. The molecule has 2 heterocycles. The smallest absolute Gasteiger partial charge is 0.274 e. The van der Waals surface area contributed by atoms with Gasteiger partial charge in [0.05, 0.1) is 6.54 Å². The Bertz CT molecular complexity index is 705. The van der Waals surface area contributed by atoms with Crippen molar-refractivity contribution in [2.24, 2.45) is 0 Å². The molecule has 8 nitrogen and oxygen atoms in total. The Kier molecular flexibility index (Phi) is 6.03. The van der Waals surface area contributed by atoms with Crippen LogP contribution >= 0.6 is 0 Å². The van der Waals surface area contributed by atoms with Crippen LogP contribution < -0.4 is 10.9 Å². The van der Waals surface area contributed by atoms with Crippen molar-refractivity contribution in [1.29, 1.82) is 0 Å². The van der Waals surface area contributed by atoms with Crippen molar-refractivity contribution in [3.8, 4) is 0 Å². The van der Waals surface area contributed by atoms with Crippen LogP contribution in [-0.2, 0) is 11.3 Å². The molecule has 1 aromatic heterocycles. The molecule has 1 aliphatic heterocycles. The van der Waals surface area contributed by atoms with Crippen LogP contribution in [-0.4, -0.2) is 70.2 Å². The van der Waals surface area contributed by atoms with Crippen molar-refractivity contribution >= 4 is 11.8 Å². The van der Waals surface area contributed by atoms with Gasteiger partial charge < -0.3 is 10.2 Å². The Labute approximate surface area is 153 Å². The Balaban J connectivity index is 1.52. The van der Waals surface area contributed by atoms with E-state index in [1.165, 1.54) is 16.8 Å². The second-order valence-electron chi connectivity index (χ2n) is 7.04. The topological polar surface area (TPSA) is 87.5 Å². The highest BCUT2D eigenvalue weighted by Gasteiger charge is 2.27. The van der Waals surface area contributed by atoms with Gasteiger partial charge in [0.1, 0.15) is 5.69 Å². The predicted molar refractivity (Wildman–Crippen MR) is 96.9 cm³/mol. The van der Waals surface area contributed by atoms with E-state index in [4.69, 9.17) is 0 Å². The van der Waals surface area contributed by atoms with Crippen molar-refractivity contribution in [2.75, 3.05) is 32.7 Å². The SMILES string of the molecule is CCCCn1nc(C(=O)N2CCN(CC(=O)NC3CC3)CC2)ccc1=O. The second-order valence-corrected chi connectivity index (χ2v) is 7.04. The Morgan fingerprint density at radius 3 is 2.58 bits per heavy atom. The van der Waals surface area contributed by atoms with E-state index in [0.717, 1.165) is 25.7 Å². The quantitative estimate of drug-likeness (QED) is 0.743. The zero-order valence-corrected chi connectivity index (χ0v) is 15.3. The lowest BCUT2D eigenvalue weighted by molar-refractivity contribution is -0.122. The van der Waals surface area contributed by atoms with Crippen molar-refractivity contribution in [1.82, 2.24) is 24.9 Å². The van der Waals surface area contributed by atoms with Crippen molar-refractivity contribution in [3.05, 3.63) is 28.2 Å². The number of nitrogens with one attached hydrogen (secondary N) is 1. The van der Waals surface area contributed by atoms with E-state index >= 15 is 0 Å². The molecule has 0 spiro atoms. The van der Waals surface area contributed by atoms with E-state index in [-0.39, 0.29) is 17.4 Å². The molecule has 2 fully saturated rings. The van der Waals surface area contributed by atoms with Gasteiger partial charge in [-0.1, -0.05) is 13.3 Å². The lowest BCUT2D eigenvalue weighted by Crippen LogP contribution is -2.51. The summed E-state index contributed by atoms with van der Waals surface area (Å²) in [5.41, 5.74) is 0.127. The highest BCUT2D eigenvalue weighted by Crippen LogP contribution is 2.18. The largest absolute Gasteiger partial charge is 0.352 e. The van der Waals surface area contributed by atoms with E-state index in [0.29, 0.717) is 51.0 Å². The van der Waals surface area contributed by atoms with Crippen LogP contribution in [0.25, 0.3) is 0 Å². The number of carbonyl (C=O) groups excluding carboxylic acids is 2. The summed E-state index contributed by atoms with van der Waals surface area (Å²) in [5.74, 6) is -0.0886. The van der Waals surface area contributed by atoms with Gasteiger partial charge in [-0.05, 0) is 25.3 Å². The molecule has 8 heteroatoms. The summed E-state index contributed by atoms with van der Waals surface area (Å²) in [6.07, 6.45) is 3.98. The number of nitrogens with zero attached hydrogens (tertiary/aromatic N) is 4. The normalized spacial score (nSPS) is 18.0. The number of piperazine rings is 1. The molecule has 2 aliphatic rings. The standard InChI is InChI=1S/C18H27N5O3/c1-2-3-8-23-17(25)7-6-15(20-23)18(26)22-11-9-21(10-12-22)13-16(24)19-14-4-5-14/h6-7,14H,2-5,8-13H2,1H3,(H,19,24). The number of aryl methyl sites for hydroxylation is 1. The molecule has 26 heavy (non-hydrogen) atoms. The number of amides is 2. The van der Waals surface area contributed by atoms with Gasteiger partial charge in [0.2, 0.25) is 5.91 Å². The average molecular weight is 361 g/mol. The molecule has 1 N–H and O–H groups in total. The zero-order chi connectivity index (χ0) is 18.5. The molecule has 0 unspecified atom stereocenters. The molecule has 0 aromatic carbocycles. The summed E-state index contributed by atoms with van der Waals surface area (Å²) in [6.45, 7) is 5.42. The van der Waals surface area contributed by atoms with Crippen LogP contribution in [0.5, 0.6) is 0 Å². The molecular weight excluding hydrogens is 334 g/mol. The molecule has 3 rings (SSSR count). The monoisotopic (exact) mass is 361 g/mol. The molecule has 1 aromatic rings. The number of hydrogen-bond donors (Lipinski definition) is 1. The third-order valence-corrected chi connectivity index (χ3v) is 4.78. The Morgan fingerprint density at radius 1 is 1.19 bits per heavy atom. The fourth-order valence-electron chi connectivity index (χ4n) is 3.01. The number of unbranched alkanes of at least 4 members (excludes halogenated alkanes) is 1. The highest BCUT2D eigenvalue weighted by molar-refractivity contribution is 5.92. The van der Waals surface area contributed by atoms with Gasteiger partial charge in [0.15, 0.2) is 0 Å². The summed E-state index contributed by atoms with van der Waals surface area (Å²) in [6, 6.07) is 3.29. The van der Waals surface area contributed by atoms with Crippen LogP contribution in [0.1, 0.15) is 43.1 Å². The second kappa shape index (κ2) is 8.44. The van der Waals surface area contributed by atoms with Gasteiger partial charge in [-0.3, -0.25) is 19.3 Å². The first-order valence-corrected chi connectivity index (χ1v) is 9.46. The average Bonchev–Trinajstić information content (AvgIpc) is 3.45. The summed E-state index contributed by atoms with van der Waals surface area (Å²) >= 11 is 0. The van der Waals surface area contributed by atoms with E-state index in [9.17, 15) is 14.4 Å². The first-order chi connectivity index (χ1) is 12.6. The maximum Gasteiger partial charge on any atom is 0.274 e. The van der Waals surface area contributed by atoms with Crippen LogP contribution in [0, 0.1) is 0 Å². The van der Waals surface area contributed by atoms with Crippen LogP contribution in [0.4, 0.5) is 0 Å². The maximum absolute atomic E-state index is 12.7. The molecular formula is C18H27N5O3. The minimum absolute atomic E-state index is 0.0666. The highest BCUT2D eigenvalue weighted by atomic mass is 16.2. The summed E-state index contributed by atoms with van der Waals surface area (Å²) in [4.78, 5) is 40.2. The van der Waals surface area contributed by atoms with Gasteiger partial charge in [0, 0.05) is 44.8 Å². The number of carbonyl (C=O) groups is 2. The van der Waals surface area contributed by atoms with Crippen LogP contribution in [0.3, 0.4) is 0 Å². The van der Waals surface area contributed by atoms with E-state index < -0.39 is 0 Å². The summed E-state index contributed by atoms with van der Waals surface area (Å²) in [5, 5.41) is 7.21. The lowest BCUT2D eigenvalue weighted by Gasteiger charge is -2.34. The number of hydrogen-bond acceptors (Lipinski definition) is 5. The van der Waals surface area contributed by atoms with E-state index in [1.807, 2.05) is 6.92 Å². The van der Waals surface area contributed by atoms with Gasteiger partial charge in [-0.2, -0.15) is 5.10 Å². The zero-order valence-electron chi connectivity index (χ0n) is 15.3. The number of aromatic nitrogens is 2. The lowest BCUT2D eigenvalue weighted by atomic mass is 10.2. The Morgan fingerprint density at radius 2 is 1.92 bits per heavy atom. The fraction of sp³-hybridized carbons (Fsp3) is 0.667. The first kappa shape index (κ1) is 18.6. The van der Waals surface area contributed by atoms with Crippen molar-refractivity contribution < 1.29 is 9.59 Å². The molecule has 0 bridgehead atoms. The molecule has 0 radical (unpaired) electrons. The van der Waals surface area contributed by atoms with Crippen molar-refractivity contribution in [2.45, 2.75) is 45.2 Å². The molecule has 1 saturated carbocycles. The van der Waals surface area contributed by atoms with Crippen molar-refractivity contribution in [3.63, 3.8) is 0 Å². The fourth-order valence-corrected chi connectivity index (χ4v) is 3.01. The van der Waals surface area contributed by atoms with Crippen LogP contribution in [0.2, 0.25) is 0 Å². The minimum Gasteiger partial charge on any atom is -0.352 e. The van der Waals surface area contributed by atoms with Gasteiger partial charge in [-0.25, -0.2) is 4.68 Å². The summed E-state index contributed by atoms with van der Waals surface area (Å²) in [7, 11) is 0. The molecule has 1 saturated heterocycles. The minimum atomic E-state index is -0.179. The third-order valence-electron chi connectivity index (χ3n) is 4.78. The number of rotatable bonds is 7. The van der Waals surface area contributed by atoms with Gasteiger partial charge >= 0.3 is 0 Å². The summed E-state index contributed by atoms with van der Waals surface area (Å²) < 4.78 is 1.37. The molecule has 0 atom stereocenters. The molecule has 1 aliphatic carbocycles. The van der Waals surface area contributed by atoms with E-state index in [2.05, 4.69) is 15.3 Å². The first-order valence-electron chi connectivity index (χ1n) is 9.46. The Hall–Kier alpha value is -2.22. The molecule has 142 valence electrons. The predicted octanol–water partition coefficient (Wildman–Crippen LogP) is 0.0798. The van der Waals surface area contributed by atoms with E-state index in [1.54, 1.807) is 4.90 Å². The molecule has 2 amide bonds.